The molecular formula is C16H21N3O2. The predicted octanol–water partition coefficient (Wildman–Crippen LogP) is 2.98. The molecule has 0 spiro atoms. The Kier molecular flexibility index (Phi) is 3.45. The lowest BCUT2D eigenvalue weighted by Gasteiger charge is -2.37. The van der Waals surface area contributed by atoms with Gasteiger partial charge in [-0.2, -0.15) is 0 Å². The Hall–Kier alpha value is -1.88. The molecular weight excluding hydrogens is 266 g/mol. The summed E-state index contributed by atoms with van der Waals surface area (Å²) in [6, 6.07) is 5.51. The molecule has 1 aliphatic rings. The van der Waals surface area contributed by atoms with Gasteiger partial charge < -0.3 is 15.5 Å². The molecule has 3 N–H and O–H groups in total. The second-order valence-corrected chi connectivity index (χ2v) is 6.21. The fraction of sp³-hybridized carbons (Fsp3) is 0.500. The van der Waals surface area contributed by atoms with Crippen molar-refractivity contribution in [2.75, 3.05) is 5.32 Å². The molecule has 2 aromatic rings. The zero-order valence-corrected chi connectivity index (χ0v) is 12.5. The standard InChI is InChI=1S/C16H21N3O2/c1-10-18-13-7-6-11(9-14(13)21-10)19-15(20)12-5-3-4-8-16(12,2)17/h6-7,9,12H,3-5,8,17H2,1-2H3,(H,19,20). The third-order valence-corrected chi connectivity index (χ3v) is 4.33. The first kappa shape index (κ1) is 14.1. The largest absolute Gasteiger partial charge is 0.441 e. The summed E-state index contributed by atoms with van der Waals surface area (Å²) in [7, 11) is 0. The maximum atomic E-state index is 12.5. The fourth-order valence-corrected chi connectivity index (χ4v) is 3.14. The Morgan fingerprint density at radius 2 is 2.29 bits per heavy atom. The normalized spacial score (nSPS) is 26.0. The van der Waals surface area contributed by atoms with Crippen LogP contribution in [0.5, 0.6) is 0 Å². The van der Waals surface area contributed by atoms with Crippen molar-refractivity contribution in [3.05, 3.63) is 24.1 Å². The lowest BCUT2D eigenvalue weighted by atomic mass is 9.74. The molecule has 0 aliphatic heterocycles. The molecule has 1 heterocycles. The molecule has 2 unspecified atom stereocenters. The lowest BCUT2D eigenvalue weighted by molar-refractivity contribution is -0.122. The molecule has 21 heavy (non-hydrogen) atoms. The summed E-state index contributed by atoms with van der Waals surface area (Å²) in [4.78, 5) is 16.7. The number of nitrogens with one attached hydrogen (secondary N) is 1. The summed E-state index contributed by atoms with van der Waals surface area (Å²) in [5.41, 5.74) is 8.07. The first-order valence-electron chi connectivity index (χ1n) is 7.43. The van der Waals surface area contributed by atoms with E-state index in [1.807, 2.05) is 25.1 Å². The average molecular weight is 287 g/mol. The van der Waals surface area contributed by atoms with Gasteiger partial charge in [0.15, 0.2) is 11.5 Å². The molecule has 1 saturated carbocycles. The number of nitrogens with zero attached hydrogens (tertiary/aromatic N) is 1. The van der Waals surface area contributed by atoms with E-state index in [4.69, 9.17) is 10.2 Å². The van der Waals surface area contributed by atoms with Crippen molar-refractivity contribution in [2.24, 2.45) is 11.7 Å². The molecule has 1 aromatic heterocycles. The molecule has 1 aromatic carbocycles. The number of oxazole rings is 1. The minimum atomic E-state index is -0.421. The van der Waals surface area contributed by atoms with Crippen LogP contribution in [-0.4, -0.2) is 16.4 Å². The minimum absolute atomic E-state index is 0.00436. The zero-order chi connectivity index (χ0) is 15.0. The van der Waals surface area contributed by atoms with Gasteiger partial charge in [0.25, 0.3) is 0 Å². The van der Waals surface area contributed by atoms with Crippen molar-refractivity contribution in [2.45, 2.75) is 45.1 Å². The maximum Gasteiger partial charge on any atom is 0.229 e. The summed E-state index contributed by atoms with van der Waals surface area (Å²) in [6.45, 7) is 3.78. The van der Waals surface area contributed by atoms with E-state index in [0.29, 0.717) is 11.5 Å². The molecule has 2 atom stereocenters. The highest BCUT2D eigenvalue weighted by Gasteiger charge is 2.37. The fourth-order valence-electron chi connectivity index (χ4n) is 3.14. The monoisotopic (exact) mass is 287 g/mol. The van der Waals surface area contributed by atoms with Crippen LogP contribution in [-0.2, 0) is 4.79 Å². The van der Waals surface area contributed by atoms with Gasteiger partial charge in [0, 0.05) is 24.2 Å². The van der Waals surface area contributed by atoms with Crippen LogP contribution in [0.2, 0.25) is 0 Å². The zero-order valence-electron chi connectivity index (χ0n) is 12.5. The number of carbonyl (C=O) groups is 1. The van der Waals surface area contributed by atoms with E-state index in [1.54, 1.807) is 6.92 Å². The van der Waals surface area contributed by atoms with E-state index in [2.05, 4.69) is 10.3 Å². The summed E-state index contributed by atoms with van der Waals surface area (Å²) in [6.07, 6.45) is 3.90. The van der Waals surface area contributed by atoms with Gasteiger partial charge in [-0.05, 0) is 31.9 Å². The van der Waals surface area contributed by atoms with Crippen molar-refractivity contribution in [3.8, 4) is 0 Å². The van der Waals surface area contributed by atoms with Crippen molar-refractivity contribution in [1.29, 1.82) is 0 Å². The first-order valence-corrected chi connectivity index (χ1v) is 7.43. The Balaban J connectivity index is 1.79. The number of anilines is 1. The van der Waals surface area contributed by atoms with Gasteiger partial charge in [-0.25, -0.2) is 4.98 Å². The van der Waals surface area contributed by atoms with Gasteiger partial charge in [0.1, 0.15) is 5.52 Å². The number of hydrogen-bond acceptors (Lipinski definition) is 4. The number of aromatic nitrogens is 1. The molecule has 1 amide bonds. The molecule has 1 fully saturated rings. The van der Waals surface area contributed by atoms with Crippen molar-refractivity contribution in [1.82, 2.24) is 4.98 Å². The van der Waals surface area contributed by atoms with Crippen LogP contribution in [0.4, 0.5) is 5.69 Å². The van der Waals surface area contributed by atoms with Gasteiger partial charge in [-0.3, -0.25) is 4.79 Å². The highest BCUT2D eigenvalue weighted by atomic mass is 16.3. The average Bonchev–Trinajstić information content (AvgIpc) is 2.77. The maximum absolute atomic E-state index is 12.5. The van der Waals surface area contributed by atoms with Gasteiger partial charge in [-0.1, -0.05) is 12.8 Å². The predicted molar refractivity (Wildman–Crippen MR) is 81.9 cm³/mol. The molecule has 0 radical (unpaired) electrons. The highest BCUT2D eigenvalue weighted by molar-refractivity contribution is 5.95. The van der Waals surface area contributed by atoms with Gasteiger partial charge >= 0.3 is 0 Å². The molecule has 0 saturated heterocycles. The number of rotatable bonds is 2. The number of fused-ring (bicyclic) bond motifs is 1. The van der Waals surface area contributed by atoms with Crippen LogP contribution in [0.25, 0.3) is 11.1 Å². The highest BCUT2D eigenvalue weighted by Crippen LogP contribution is 2.32. The third-order valence-electron chi connectivity index (χ3n) is 4.33. The molecule has 5 nitrogen and oxygen atoms in total. The van der Waals surface area contributed by atoms with E-state index in [0.717, 1.165) is 36.9 Å². The Bertz CT molecular complexity index is 675. The second kappa shape index (κ2) is 5.15. The summed E-state index contributed by atoms with van der Waals surface area (Å²) in [5, 5.41) is 2.96. The third kappa shape index (κ3) is 2.78. The van der Waals surface area contributed by atoms with Crippen LogP contribution in [0.3, 0.4) is 0 Å². The topological polar surface area (TPSA) is 81.2 Å². The Morgan fingerprint density at radius 1 is 1.48 bits per heavy atom. The van der Waals surface area contributed by atoms with Crippen LogP contribution in [0.15, 0.2) is 22.6 Å². The van der Waals surface area contributed by atoms with Crippen LogP contribution >= 0.6 is 0 Å². The van der Waals surface area contributed by atoms with Crippen LogP contribution < -0.4 is 11.1 Å². The molecule has 3 rings (SSSR count). The Morgan fingerprint density at radius 3 is 3.05 bits per heavy atom. The lowest BCUT2D eigenvalue weighted by Crippen LogP contribution is -2.51. The summed E-state index contributed by atoms with van der Waals surface area (Å²) >= 11 is 0. The molecule has 1 aliphatic carbocycles. The van der Waals surface area contributed by atoms with E-state index >= 15 is 0 Å². The molecule has 112 valence electrons. The number of nitrogens with two attached hydrogens (primary N) is 1. The van der Waals surface area contributed by atoms with Crippen molar-refractivity contribution >= 4 is 22.7 Å². The SMILES string of the molecule is Cc1nc2ccc(NC(=O)C3CCCCC3(C)N)cc2o1. The van der Waals surface area contributed by atoms with Crippen LogP contribution in [0.1, 0.15) is 38.5 Å². The number of aryl methyl sites for hydroxylation is 1. The minimum Gasteiger partial charge on any atom is -0.441 e. The van der Waals surface area contributed by atoms with Gasteiger partial charge in [0.05, 0.1) is 5.92 Å². The number of benzene rings is 1. The van der Waals surface area contributed by atoms with E-state index in [-0.39, 0.29) is 11.8 Å². The quantitative estimate of drug-likeness (QED) is 0.889. The van der Waals surface area contributed by atoms with Gasteiger partial charge in [-0.15, -0.1) is 0 Å². The smallest absolute Gasteiger partial charge is 0.229 e. The van der Waals surface area contributed by atoms with Crippen molar-refractivity contribution in [3.63, 3.8) is 0 Å². The Labute approximate surface area is 123 Å². The first-order chi connectivity index (χ1) is 9.95. The number of carbonyl (C=O) groups excluding carboxylic acids is 1. The number of hydrogen-bond donors (Lipinski definition) is 2. The van der Waals surface area contributed by atoms with Gasteiger partial charge in [0.2, 0.25) is 5.91 Å². The number of amides is 1. The summed E-state index contributed by atoms with van der Waals surface area (Å²) < 4.78 is 5.49. The molecule has 5 heteroatoms. The van der Waals surface area contributed by atoms with Crippen LogP contribution in [0, 0.1) is 12.8 Å². The van der Waals surface area contributed by atoms with E-state index in [9.17, 15) is 4.79 Å². The second-order valence-electron chi connectivity index (χ2n) is 6.21. The van der Waals surface area contributed by atoms with E-state index < -0.39 is 5.54 Å². The van der Waals surface area contributed by atoms with E-state index in [1.165, 1.54) is 0 Å². The molecule has 0 bridgehead atoms. The van der Waals surface area contributed by atoms with Crippen molar-refractivity contribution < 1.29 is 9.21 Å². The summed E-state index contributed by atoms with van der Waals surface area (Å²) in [5.74, 6) is 0.476.